The van der Waals surface area contributed by atoms with Gasteiger partial charge in [0.25, 0.3) is 0 Å². The number of aromatic amines is 2. The van der Waals surface area contributed by atoms with Gasteiger partial charge in [-0.3, -0.25) is 0 Å². The second-order valence-corrected chi connectivity index (χ2v) is 14.6. The fraction of sp³-hybridized carbons (Fsp3) is 0.378. The molecule has 0 saturated heterocycles. The predicted molar refractivity (Wildman–Crippen MR) is 206 cm³/mol. The van der Waals surface area contributed by atoms with E-state index in [-0.39, 0.29) is 0 Å². The lowest BCUT2D eigenvalue weighted by Gasteiger charge is -2.25. The van der Waals surface area contributed by atoms with Crippen LogP contribution in [0.4, 0.5) is 0 Å². The van der Waals surface area contributed by atoms with Crippen molar-refractivity contribution in [2.45, 2.75) is 70.6 Å². The summed E-state index contributed by atoms with van der Waals surface area (Å²) in [6.07, 6.45) is 13.2. The van der Waals surface area contributed by atoms with Crippen LogP contribution in [-0.2, 0) is 38.5 Å². The standard InChI is InChI=1S/C45H52N4/c1(2-12-26-48-28-22-34-14-4-6-16-36(34)32-44-40(24-30-48)38-18-8-10-20-42(38)46-44)3-13-27-49-29-23-35-15-5-7-17-37(35)33-45-41(25-31-49)39-19-9-11-21-43(39)47-45/h4-11,14-21,46-47H,1-3,12-13,22-33H2. The molecule has 0 spiro atoms. The van der Waals surface area contributed by atoms with Crippen molar-refractivity contribution in [1.29, 1.82) is 0 Å². The molecule has 0 amide bonds. The minimum atomic E-state index is 1.01. The van der Waals surface area contributed by atoms with E-state index >= 15 is 0 Å². The zero-order valence-electron chi connectivity index (χ0n) is 29.2. The lowest BCUT2D eigenvalue weighted by molar-refractivity contribution is 0.265. The Bertz CT molecular complexity index is 1850. The van der Waals surface area contributed by atoms with Crippen molar-refractivity contribution < 1.29 is 0 Å². The fourth-order valence-corrected chi connectivity index (χ4v) is 8.68. The SMILES string of the molecule is c1ccc2c(c1)CCN(CCCCCCCN1CCc3ccccc3Cc3[nH]c4ccccc4c3CC1)CCc1c([nH]c3ccccc13)C2. The summed E-state index contributed by atoms with van der Waals surface area (Å²) in [6, 6.07) is 36.0. The largest absolute Gasteiger partial charge is 0.358 e. The fourth-order valence-electron chi connectivity index (χ4n) is 8.68. The maximum Gasteiger partial charge on any atom is 0.0459 e. The van der Waals surface area contributed by atoms with Crippen LogP contribution in [0.2, 0.25) is 0 Å². The van der Waals surface area contributed by atoms with Crippen LogP contribution in [0.15, 0.2) is 97.1 Å². The highest BCUT2D eigenvalue weighted by molar-refractivity contribution is 5.85. The first-order valence-corrected chi connectivity index (χ1v) is 19.0. The monoisotopic (exact) mass is 648 g/mol. The third kappa shape index (κ3) is 7.41. The Hall–Kier alpha value is -4.12. The van der Waals surface area contributed by atoms with Crippen molar-refractivity contribution in [3.05, 3.63) is 142 Å². The highest BCUT2D eigenvalue weighted by atomic mass is 15.1. The van der Waals surface area contributed by atoms with Crippen molar-refractivity contribution in [3.63, 3.8) is 0 Å². The summed E-state index contributed by atoms with van der Waals surface area (Å²) in [5, 5.41) is 2.82. The maximum absolute atomic E-state index is 3.79. The average molecular weight is 649 g/mol. The molecule has 4 aromatic carbocycles. The Kier molecular flexibility index (Phi) is 9.95. The van der Waals surface area contributed by atoms with Gasteiger partial charge in [0.2, 0.25) is 0 Å². The molecule has 0 saturated carbocycles. The molecule has 252 valence electrons. The van der Waals surface area contributed by atoms with Crippen molar-refractivity contribution in [2.75, 3.05) is 39.3 Å². The molecule has 0 bridgehead atoms. The van der Waals surface area contributed by atoms with Gasteiger partial charge in [-0.05, 0) is 97.1 Å². The quantitative estimate of drug-likeness (QED) is 0.162. The van der Waals surface area contributed by atoms with E-state index in [9.17, 15) is 0 Å². The molecule has 0 aliphatic carbocycles. The number of hydrogen-bond donors (Lipinski definition) is 2. The van der Waals surface area contributed by atoms with Crippen LogP contribution in [0.5, 0.6) is 0 Å². The summed E-state index contributed by atoms with van der Waals surface area (Å²) in [7, 11) is 0. The van der Waals surface area contributed by atoms with Crippen molar-refractivity contribution in [3.8, 4) is 0 Å². The lowest BCUT2D eigenvalue weighted by Crippen LogP contribution is -2.30. The van der Waals surface area contributed by atoms with E-state index in [1.807, 2.05) is 0 Å². The highest BCUT2D eigenvalue weighted by Crippen LogP contribution is 2.29. The average Bonchev–Trinajstić information content (AvgIpc) is 3.67. The van der Waals surface area contributed by atoms with Gasteiger partial charge in [0.1, 0.15) is 0 Å². The van der Waals surface area contributed by atoms with Gasteiger partial charge in [0.05, 0.1) is 0 Å². The number of fused-ring (bicyclic) bond motifs is 8. The Balaban J connectivity index is 0.847. The molecule has 6 aromatic rings. The highest BCUT2D eigenvalue weighted by Gasteiger charge is 2.19. The van der Waals surface area contributed by atoms with E-state index in [1.165, 1.54) is 112 Å². The van der Waals surface area contributed by atoms with Crippen LogP contribution < -0.4 is 0 Å². The predicted octanol–water partition coefficient (Wildman–Crippen LogP) is 9.28. The van der Waals surface area contributed by atoms with Gasteiger partial charge in [-0.1, -0.05) is 104 Å². The molecular formula is C45H52N4. The minimum absolute atomic E-state index is 1.01. The van der Waals surface area contributed by atoms with Gasteiger partial charge in [-0.15, -0.1) is 0 Å². The molecule has 2 aromatic heterocycles. The van der Waals surface area contributed by atoms with E-state index in [2.05, 4.69) is 117 Å². The van der Waals surface area contributed by atoms with Gasteiger partial charge in [0, 0.05) is 72.2 Å². The van der Waals surface area contributed by atoms with Crippen LogP contribution in [0, 0.1) is 0 Å². The van der Waals surface area contributed by atoms with E-state index in [1.54, 1.807) is 0 Å². The first-order chi connectivity index (χ1) is 24.3. The summed E-state index contributed by atoms with van der Waals surface area (Å²) in [5.41, 5.74) is 14.4. The summed E-state index contributed by atoms with van der Waals surface area (Å²) in [4.78, 5) is 13.1. The van der Waals surface area contributed by atoms with Gasteiger partial charge in [-0.2, -0.15) is 0 Å². The number of aromatic nitrogens is 2. The number of nitrogens with zero attached hydrogens (tertiary/aromatic N) is 2. The molecule has 49 heavy (non-hydrogen) atoms. The second kappa shape index (κ2) is 15.2. The number of rotatable bonds is 8. The zero-order valence-corrected chi connectivity index (χ0v) is 29.2. The number of para-hydroxylation sites is 2. The van der Waals surface area contributed by atoms with Crippen molar-refractivity contribution in [1.82, 2.24) is 19.8 Å². The van der Waals surface area contributed by atoms with Gasteiger partial charge in [0.15, 0.2) is 0 Å². The van der Waals surface area contributed by atoms with Crippen molar-refractivity contribution >= 4 is 21.8 Å². The summed E-state index contributed by atoms with van der Waals surface area (Å²) >= 11 is 0. The molecule has 4 heterocycles. The van der Waals surface area contributed by atoms with E-state index < -0.39 is 0 Å². The first kappa shape index (κ1) is 32.1. The minimum Gasteiger partial charge on any atom is -0.358 e. The molecule has 0 radical (unpaired) electrons. The molecule has 8 rings (SSSR count). The van der Waals surface area contributed by atoms with E-state index in [4.69, 9.17) is 0 Å². The number of H-pyrrole nitrogens is 2. The topological polar surface area (TPSA) is 38.1 Å². The molecule has 4 nitrogen and oxygen atoms in total. The van der Waals surface area contributed by atoms with Gasteiger partial charge in [-0.25, -0.2) is 0 Å². The summed E-state index contributed by atoms with van der Waals surface area (Å²) in [5.74, 6) is 0. The normalized spacial score (nSPS) is 16.2. The Morgan fingerprint density at radius 2 is 0.796 bits per heavy atom. The van der Waals surface area contributed by atoms with Crippen molar-refractivity contribution in [2.24, 2.45) is 0 Å². The second-order valence-electron chi connectivity index (χ2n) is 14.6. The van der Waals surface area contributed by atoms with Crippen LogP contribution >= 0.6 is 0 Å². The Morgan fingerprint density at radius 3 is 1.29 bits per heavy atom. The molecule has 2 aliphatic heterocycles. The lowest BCUT2D eigenvalue weighted by atomic mass is 9.96. The van der Waals surface area contributed by atoms with Crippen LogP contribution in [-0.4, -0.2) is 59.0 Å². The number of hydrogen-bond acceptors (Lipinski definition) is 2. The summed E-state index contributed by atoms with van der Waals surface area (Å²) < 4.78 is 0. The molecule has 2 aliphatic rings. The molecule has 0 fully saturated rings. The summed E-state index contributed by atoms with van der Waals surface area (Å²) in [6.45, 7) is 7.02. The maximum atomic E-state index is 3.79. The zero-order chi connectivity index (χ0) is 32.8. The first-order valence-electron chi connectivity index (χ1n) is 19.0. The number of unbranched alkanes of at least 4 members (excludes halogenated alkanes) is 4. The van der Waals surface area contributed by atoms with Crippen LogP contribution in [0.1, 0.15) is 76.9 Å². The molecule has 2 N–H and O–H groups in total. The smallest absolute Gasteiger partial charge is 0.0459 e. The van der Waals surface area contributed by atoms with Crippen LogP contribution in [0.25, 0.3) is 21.8 Å². The van der Waals surface area contributed by atoms with Gasteiger partial charge >= 0.3 is 0 Å². The van der Waals surface area contributed by atoms with E-state index in [0.29, 0.717) is 0 Å². The number of benzene rings is 4. The molecule has 0 unspecified atom stereocenters. The number of nitrogens with one attached hydrogen (secondary N) is 2. The molecule has 0 atom stereocenters. The molecule has 4 heteroatoms. The third-order valence-electron chi connectivity index (χ3n) is 11.5. The van der Waals surface area contributed by atoms with Crippen LogP contribution in [0.3, 0.4) is 0 Å². The van der Waals surface area contributed by atoms with Gasteiger partial charge < -0.3 is 19.8 Å². The Morgan fingerprint density at radius 1 is 0.408 bits per heavy atom. The Labute approximate surface area is 292 Å². The third-order valence-corrected chi connectivity index (χ3v) is 11.5. The molecular weight excluding hydrogens is 597 g/mol. The van der Waals surface area contributed by atoms with E-state index in [0.717, 1.165) is 64.7 Å².